The molecule has 0 aromatic carbocycles. The van der Waals surface area contributed by atoms with Crippen LogP contribution in [0.3, 0.4) is 0 Å². The van der Waals surface area contributed by atoms with Crippen molar-refractivity contribution in [2.24, 2.45) is 5.73 Å². The standard InChI is InChI=1S/C49H94NO7P/c1-3-5-7-9-11-13-15-17-19-20-21-22-23-24-25-26-27-28-29-30-32-34-36-38-40-42-49(51)57-48(47-56-58(52,53)55-45-43-50)46-54-44-41-39-37-35-33-31-18-16-14-12-10-8-6-4-2/h15,17,20-21,23-24,48H,3-14,16,18-19,22,25-47,50H2,1-2H3,(H,52,53)/b17-15-,21-20-,24-23-. The number of hydrogen-bond donors (Lipinski definition) is 2. The maximum Gasteiger partial charge on any atom is 0.472 e. The molecule has 0 fully saturated rings. The zero-order valence-corrected chi connectivity index (χ0v) is 38.9. The van der Waals surface area contributed by atoms with Gasteiger partial charge in [-0.3, -0.25) is 13.8 Å². The summed E-state index contributed by atoms with van der Waals surface area (Å²) < 4.78 is 33.5. The van der Waals surface area contributed by atoms with E-state index in [2.05, 4.69) is 50.3 Å². The number of carbonyl (C=O) groups excluding carboxylic acids is 1. The van der Waals surface area contributed by atoms with Gasteiger partial charge in [0, 0.05) is 19.6 Å². The molecule has 0 saturated carbocycles. The molecular formula is C49H94NO7P. The Balaban J connectivity index is 3.93. The van der Waals surface area contributed by atoms with E-state index in [1.54, 1.807) is 0 Å². The molecule has 0 amide bonds. The Labute approximate surface area is 358 Å². The third kappa shape index (κ3) is 45.8. The van der Waals surface area contributed by atoms with E-state index in [1.165, 1.54) is 167 Å². The minimum Gasteiger partial charge on any atom is -0.457 e. The Kier molecular flexibility index (Phi) is 45.7. The molecule has 0 heterocycles. The highest BCUT2D eigenvalue weighted by Gasteiger charge is 2.25. The van der Waals surface area contributed by atoms with Gasteiger partial charge in [0.15, 0.2) is 0 Å². The van der Waals surface area contributed by atoms with E-state index >= 15 is 0 Å². The number of ether oxygens (including phenoxy) is 2. The van der Waals surface area contributed by atoms with Crippen LogP contribution in [0, 0.1) is 0 Å². The fraction of sp³-hybridized carbons (Fsp3) is 0.857. The number of rotatable bonds is 47. The number of hydrogen-bond acceptors (Lipinski definition) is 7. The maximum atomic E-state index is 12.6. The first kappa shape index (κ1) is 56.7. The van der Waals surface area contributed by atoms with Crippen LogP contribution in [0.5, 0.6) is 0 Å². The lowest BCUT2D eigenvalue weighted by atomic mass is 10.0. The summed E-state index contributed by atoms with van der Waals surface area (Å²) in [4.78, 5) is 22.5. The molecule has 2 atom stereocenters. The number of carbonyl (C=O) groups is 1. The van der Waals surface area contributed by atoms with Gasteiger partial charge in [-0.15, -0.1) is 0 Å². The molecule has 8 nitrogen and oxygen atoms in total. The smallest absolute Gasteiger partial charge is 0.457 e. The van der Waals surface area contributed by atoms with Crippen molar-refractivity contribution in [1.29, 1.82) is 0 Å². The predicted molar refractivity (Wildman–Crippen MR) is 247 cm³/mol. The summed E-state index contributed by atoms with van der Waals surface area (Å²) in [6.45, 7) is 4.94. The first-order valence-corrected chi connectivity index (χ1v) is 26.0. The van der Waals surface area contributed by atoms with Crippen LogP contribution in [0.15, 0.2) is 36.5 Å². The third-order valence-electron chi connectivity index (χ3n) is 10.6. The molecule has 3 N–H and O–H groups in total. The number of nitrogens with two attached hydrogens (primary N) is 1. The Hall–Kier alpha value is -1.28. The van der Waals surface area contributed by atoms with Gasteiger partial charge in [0.1, 0.15) is 6.10 Å². The van der Waals surface area contributed by atoms with E-state index in [4.69, 9.17) is 24.3 Å². The van der Waals surface area contributed by atoms with E-state index < -0.39 is 13.9 Å². The highest BCUT2D eigenvalue weighted by atomic mass is 31.2. The summed E-state index contributed by atoms with van der Waals surface area (Å²) in [7, 11) is -4.28. The highest BCUT2D eigenvalue weighted by molar-refractivity contribution is 7.47. The van der Waals surface area contributed by atoms with Crippen molar-refractivity contribution in [3.63, 3.8) is 0 Å². The average Bonchev–Trinajstić information content (AvgIpc) is 3.21. The number of phosphoric ester groups is 1. The summed E-state index contributed by atoms with van der Waals surface area (Å²) in [5.41, 5.74) is 5.38. The number of unbranched alkanes of at least 4 members (excludes halogenated alkanes) is 28. The van der Waals surface area contributed by atoms with Gasteiger partial charge in [-0.25, -0.2) is 4.57 Å². The van der Waals surface area contributed by atoms with Crippen LogP contribution in [0.2, 0.25) is 0 Å². The number of phosphoric acid groups is 1. The molecule has 342 valence electrons. The van der Waals surface area contributed by atoms with Crippen LogP contribution in [0.25, 0.3) is 0 Å². The van der Waals surface area contributed by atoms with Gasteiger partial charge >= 0.3 is 13.8 Å². The summed E-state index contributed by atoms with van der Waals surface area (Å²) in [6, 6.07) is 0. The molecule has 0 radical (unpaired) electrons. The predicted octanol–water partition coefficient (Wildman–Crippen LogP) is 15.0. The SMILES string of the molecule is CCCCCCC/C=C\C/C=C\C/C=C\CCCCCCCCCCCCC(=O)OC(COCCCCCCCCCCCCCCCC)COP(=O)(O)OCCN. The lowest BCUT2D eigenvalue weighted by Gasteiger charge is -2.20. The summed E-state index contributed by atoms with van der Waals surface area (Å²) in [5, 5.41) is 0. The zero-order chi connectivity index (χ0) is 42.3. The maximum absolute atomic E-state index is 12.6. The number of allylic oxidation sites excluding steroid dienone is 6. The average molecular weight is 840 g/mol. The second kappa shape index (κ2) is 46.8. The highest BCUT2D eigenvalue weighted by Crippen LogP contribution is 2.43. The molecule has 9 heteroatoms. The molecule has 0 spiro atoms. The van der Waals surface area contributed by atoms with E-state index in [1.807, 2.05) is 0 Å². The molecule has 58 heavy (non-hydrogen) atoms. The molecule has 0 rings (SSSR count). The van der Waals surface area contributed by atoms with Crippen LogP contribution >= 0.6 is 7.82 Å². The molecule has 0 aliphatic rings. The van der Waals surface area contributed by atoms with Gasteiger partial charge in [0.05, 0.1) is 19.8 Å². The van der Waals surface area contributed by atoms with Gasteiger partial charge in [-0.05, 0) is 51.4 Å². The Morgan fingerprint density at radius 3 is 1.36 bits per heavy atom. The van der Waals surface area contributed by atoms with Gasteiger partial charge in [0.25, 0.3) is 0 Å². The van der Waals surface area contributed by atoms with Gasteiger partial charge in [-0.2, -0.15) is 0 Å². The van der Waals surface area contributed by atoms with Crippen molar-refractivity contribution in [2.45, 2.75) is 238 Å². The fourth-order valence-electron chi connectivity index (χ4n) is 6.95. The van der Waals surface area contributed by atoms with Crippen molar-refractivity contribution in [3.05, 3.63) is 36.5 Å². The first-order chi connectivity index (χ1) is 28.4. The largest absolute Gasteiger partial charge is 0.472 e. The molecule has 0 aliphatic carbocycles. The minimum absolute atomic E-state index is 0.0950. The van der Waals surface area contributed by atoms with Crippen LogP contribution in [0.4, 0.5) is 0 Å². The van der Waals surface area contributed by atoms with Crippen LogP contribution < -0.4 is 5.73 Å². The van der Waals surface area contributed by atoms with Gasteiger partial charge in [0.2, 0.25) is 0 Å². The van der Waals surface area contributed by atoms with E-state index in [-0.39, 0.29) is 32.3 Å². The third-order valence-corrected chi connectivity index (χ3v) is 11.5. The van der Waals surface area contributed by atoms with Crippen molar-refractivity contribution in [3.8, 4) is 0 Å². The van der Waals surface area contributed by atoms with E-state index in [0.717, 1.165) is 44.9 Å². The molecular weight excluding hydrogens is 746 g/mol. The van der Waals surface area contributed by atoms with Gasteiger partial charge in [-0.1, -0.05) is 211 Å². The summed E-state index contributed by atoms with van der Waals surface area (Å²) >= 11 is 0. The van der Waals surface area contributed by atoms with Crippen molar-refractivity contribution < 1.29 is 32.8 Å². The van der Waals surface area contributed by atoms with Gasteiger partial charge < -0.3 is 20.1 Å². The molecule has 0 bridgehead atoms. The summed E-state index contributed by atoms with van der Waals surface area (Å²) in [6.07, 6.45) is 54.5. The molecule has 0 aliphatic heterocycles. The Bertz CT molecular complexity index is 988. The van der Waals surface area contributed by atoms with E-state index in [0.29, 0.717) is 13.0 Å². The number of esters is 1. The van der Waals surface area contributed by atoms with Crippen molar-refractivity contribution >= 4 is 13.8 Å². The van der Waals surface area contributed by atoms with Crippen LogP contribution in [-0.4, -0.2) is 49.9 Å². The van der Waals surface area contributed by atoms with Crippen molar-refractivity contribution in [2.75, 3.05) is 33.0 Å². The quantitative estimate of drug-likeness (QED) is 0.0269. The zero-order valence-electron chi connectivity index (χ0n) is 38.0. The summed E-state index contributed by atoms with van der Waals surface area (Å²) in [5.74, 6) is -0.331. The molecule has 2 unspecified atom stereocenters. The van der Waals surface area contributed by atoms with E-state index in [9.17, 15) is 14.3 Å². The lowest BCUT2D eigenvalue weighted by molar-refractivity contribution is -0.154. The van der Waals surface area contributed by atoms with Crippen LogP contribution in [0.1, 0.15) is 232 Å². The lowest BCUT2D eigenvalue weighted by Crippen LogP contribution is -2.28. The Morgan fingerprint density at radius 1 is 0.517 bits per heavy atom. The van der Waals surface area contributed by atoms with Crippen LogP contribution in [-0.2, 0) is 27.9 Å². The molecule has 0 aromatic rings. The first-order valence-electron chi connectivity index (χ1n) is 24.5. The minimum atomic E-state index is -4.28. The monoisotopic (exact) mass is 840 g/mol. The second-order valence-corrected chi connectivity index (χ2v) is 17.8. The topological polar surface area (TPSA) is 117 Å². The molecule has 0 aromatic heterocycles. The van der Waals surface area contributed by atoms with Crippen molar-refractivity contribution in [1.82, 2.24) is 0 Å². The molecule has 0 saturated heterocycles. The Morgan fingerprint density at radius 2 is 0.914 bits per heavy atom. The normalized spacial score (nSPS) is 13.7. The fourth-order valence-corrected chi connectivity index (χ4v) is 7.71. The second-order valence-electron chi connectivity index (χ2n) is 16.3.